The summed E-state index contributed by atoms with van der Waals surface area (Å²) in [4.78, 5) is 0. The molecule has 0 aliphatic carbocycles. The number of halogens is 8. The molecule has 0 bridgehead atoms. The maximum Gasteiger partial charge on any atom is 0.482 e. The molecule has 0 fully saturated rings. The maximum atomic E-state index is 12.1. The van der Waals surface area contributed by atoms with Crippen LogP contribution in [-0.4, -0.2) is 24.1 Å². The van der Waals surface area contributed by atoms with E-state index in [2.05, 4.69) is 4.74 Å². The van der Waals surface area contributed by atoms with Crippen molar-refractivity contribution in [2.75, 3.05) is 0 Å². The van der Waals surface area contributed by atoms with Gasteiger partial charge in [-0.25, -0.2) is 0 Å². The highest BCUT2D eigenvalue weighted by atomic mass is 19.4. The van der Waals surface area contributed by atoms with Crippen LogP contribution in [0.3, 0.4) is 0 Å². The van der Waals surface area contributed by atoms with Gasteiger partial charge in [-0.3, -0.25) is 4.74 Å². The Morgan fingerprint density at radius 3 is 1.20 bits per heavy atom. The predicted octanol–water partition coefficient (Wildman–Crippen LogP) is 3.50. The van der Waals surface area contributed by atoms with Crippen LogP contribution < -0.4 is 0 Å². The average Bonchev–Trinajstić information content (AvgIpc) is 1.77. The largest absolute Gasteiger partial charge is 0.482 e. The molecular weight excluding hydrogens is 240 g/mol. The fraction of sp³-hybridized carbons (Fsp3) is 1.00. The molecule has 0 spiro atoms. The Morgan fingerprint density at radius 2 is 1.00 bits per heavy atom. The maximum absolute atomic E-state index is 12.1. The second-order valence-electron chi connectivity index (χ2n) is 3.12. The molecule has 0 aromatic heterocycles. The first-order valence-electron chi connectivity index (χ1n) is 3.42. The number of rotatable bonds is 2. The molecule has 0 aromatic rings. The Morgan fingerprint density at radius 1 is 0.667 bits per heavy atom. The Labute approximate surface area is 79.0 Å². The fourth-order valence-electron chi connectivity index (χ4n) is 0.436. The van der Waals surface area contributed by atoms with Gasteiger partial charge in [-0.2, -0.15) is 35.1 Å². The van der Waals surface area contributed by atoms with Crippen molar-refractivity contribution in [1.82, 2.24) is 0 Å². The van der Waals surface area contributed by atoms with Crippen LogP contribution in [0.25, 0.3) is 0 Å². The molecule has 0 amide bonds. The van der Waals surface area contributed by atoms with Crippen LogP contribution in [0.4, 0.5) is 35.1 Å². The van der Waals surface area contributed by atoms with Gasteiger partial charge >= 0.3 is 18.5 Å². The summed E-state index contributed by atoms with van der Waals surface area (Å²) in [6, 6.07) is 0. The molecule has 0 N–H and O–H groups in total. The molecule has 0 saturated heterocycles. The SMILES string of the molecule is CC(C)(OC(F)(F)C(F)(F)F)C(F)(F)F. The minimum absolute atomic E-state index is 0.0760. The lowest BCUT2D eigenvalue weighted by Crippen LogP contribution is -2.51. The molecule has 1 nitrogen and oxygen atoms in total. The molecule has 15 heavy (non-hydrogen) atoms. The third kappa shape index (κ3) is 3.18. The van der Waals surface area contributed by atoms with Crippen molar-refractivity contribution in [2.45, 2.75) is 37.9 Å². The van der Waals surface area contributed by atoms with Gasteiger partial charge in [0.1, 0.15) is 0 Å². The molecule has 92 valence electrons. The van der Waals surface area contributed by atoms with E-state index in [1.807, 2.05) is 0 Å². The molecule has 0 radical (unpaired) electrons. The quantitative estimate of drug-likeness (QED) is 0.677. The van der Waals surface area contributed by atoms with Crippen molar-refractivity contribution >= 4 is 0 Å². The molecule has 0 heterocycles. The van der Waals surface area contributed by atoms with E-state index < -0.39 is 24.1 Å². The van der Waals surface area contributed by atoms with Crippen molar-refractivity contribution in [1.29, 1.82) is 0 Å². The van der Waals surface area contributed by atoms with E-state index in [4.69, 9.17) is 0 Å². The van der Waals surface area contributed by atoms with Gasteiger partial charge in [0, 0.05) is 0 Å². The molecule has 0 atom stereocenters. The monoisotopic (exact) mass is 246 g/mol. The van der Waals surface area contributed by atoms with Crippen LogP contribution in [-0.2, 0) is 4.74 Å². The van der Waals surface area contributed by atoms with Crippen molar-refractivity contribution in [3.05, 3.63) is 0 Å². The molecule has 0 aromatic carbocycles. The predicted molar refractivity (Wildman–Crippen MR) is 32.2 cm³/mol. The van der Waals surface area contributed by atoms with Gasteiger partial charge in [-0.15, -0.1) is 0 Å². The number of ether oxygens (including phenoxy) is 1. The van der Waals surface area contributed by atoms with Crippen LogP contribution in [0.1, 0.15) is 13.8 Å². The standard InChI is InChI=1S/C6H6F8O/c1-3(2,4(7,8)9)15-6(13,14)5(10,11)12/h1-2H3. The van der Waals surface area contributed by atoms with Gasteiger partial charge in [-0.1, -0.05) is 0 Å². The van der Waals surface area contributed by atoms with Gasteiger partial charge in [-0.05, 0) is 13.8 Å². The Bertz CT molecular complexity index is 200. The summed E-state index contributed by atoms with van der Waals surface area (Å²) in [7, 11) is 0. The molecule has 0 aliphatic heterocycles. The van der Waals surface area contributed by atoms with Crippen LogP contribution in [0, 0.1) is 0 Å². The minimum atomic E-state index is -6.18. The topological polar surface area (TPSA) is 9.23 Å². The molecule has 9 heteroatoms. The lowest BCUT2D eigenvalue weighted by atomic mass is 10.1. The van der Waals surface area contributed by atoms with Crippen LogP contribution in [0.15, 0.2) is 0 Å². The summed E-state index contributed by atoms with van der Waals surface area (Å²) >= 11 is 0. The van der Waals surface area contributed by atoms with E-state index in [0.29, 0.717) is 0 Å². The van der Waals surface area contributed by atoms with Crippen LogP contribution in [0.2, 0.25) is 0 Å². The highest BCUT2D eigenvalue weighted by Crippen LogP contribution is 2.43. The third-order valence-electron chi connectivity index (χ3n) is 1.40. The van der Waals surface area contributed by atoms with E-state index in [-0.39, 0.29) is 13.8 Å². The lowest BCUT2D eigenvalue weighted by Gasteiger charge is -2.32. The van der Waals surface area contributed by atoms with Crippen LogP contribution in [0.5, 0.6) is 0 Å². The highest BCUT2D eigenvalue weighted by molar-refractivity contribution is 4.81. The summed E-state index contributed by atoms with van der Waals surface area (Å²) in [5, 5.41) is 0. The smallest absolute Gasteiger partial charge is 0.298 e. The van der Waals surface area contributed by atoms with Gasteiger partial charge in [0.15, 0.2) is 5.60 Å². The summed E-state index contributed by atoms with van der Waals surface area (Å²) in [6.07, 6.45) is -17.4. The van der Waals surface area contributed by atoms with E-state index >= 15 is 0 Å². The van der Waals surface area contributed by atoms with Crippen molar-refractivity contribution in [3.8, 4) is 0 Å². The van der Waals surface area contributed by atoms with Gasteiger partial charge in [0.2, 0.25) is 0 Å². The fourth-order valence-corrected chi connectivity index (χ4v) is 0.436. The van der Waals surface area contributed by atoms with Crippen molar-refractivity contribution in [3.63, 3.8) is 0 Å². The average molecular weight is 246 g/mol. The van der Waals surface area contributed by atoms with Gasteiger partial charge in [0.05, 0.1) is 0 Å². The van der Waals surface area contributed by atoms with Gasteiger partial charge in [0.25, 0.3) is 0 Å². The molecule has 0 saturated carbocycles. The number of hydrogen-bond acceptors (Lipinski definition) is 1. The first kappa shape index (κ1) is 14.4. The summed E-state index contributed by atoms with van der Waals surface area (Å²) in [5.41, 5.74) is -3.59. The van der Waals surface area contributed by atoms with E-state index in [1.54, 1.807) is 0 Å². The van der Waals surface area contributed by atoms with Crippen LogP contribution >= 0.6 is 0 Å². The van der Waals surface area contributed by atoms with Crippen molar-refractivity contribution < 1.29 is 39.9 Å². The number of alkyl halides is 8. The second kappa shape index (κ2) is 3.46. The van der Waals surface area contributed by atoms with Gasteiger partial charge < -0.3 is 0 Å². The summed E-state index contributed by atoms with van der Waals surface area (Å²) in [5.74, 6) is 0. The molecule has 0 aliphatic rings. The highest BCUT2D eigenvalue weighted by Gasteiger charge is 2.65. The molecule has 0 rings (SSSR count). The molecular formula is C6H6F8O. The molecule has 0 unspecified atom stereocenters. The van der Waals surface area contributed by atoms with E-state index in [1.165, 1.54) is 0 Å². The Balaban J connectivity index is 4.89. The zero-order valence-corrected chi connectivity index (χ0v) is 7.43. The Hall–Kier alpha value is -0.600. The zero-order valence-electron chi connectivity index (χ0n) is 7.43. The first-order valence-corrected chi connectivity index (χ1v) is 3.42. The van der Waals surface area contributed by atoms with Crippen molar-refractivity contribution in [2.24, 2.45) is 0 Å². The lowest BCUT2D eigenvalue weighted by molar-refractivity contribution is -0.440. The summed E-state index contributed by atoms with van der Waals surface area (Å²) in [6.45, 7) is 0.152. The number of hydrogen-bond donors (Lipinski definition) is 0. The normalized spacial score (nSPS) is 15.6. The third-order valence-corrected chi connectivity index (χ3v) is 1.40. The second-order valence-corrected chi connectivity index (χ2v) is 3.12. The minimum Gasteiger partial charge on any atom is -0.298 e. The van der Waals surface area contributed by atoms with E-state index in [9.17, 15) is 35.1 Å². The first-order chi connectivity index (χ1) is 6.21. The summed E-state index contributed by atoms with van der Waals surface area (Å²) < 4.78 is 97.3. The zero-order chi connectivity index (χ0) is 12.7. The van der Waals surface area contributed by atoms with E-state index in [0.717, 1.165) is 0 Å². The Kier molecular flexibility index (Phi) is 3.32.